The third-order valence-electron chi connectivity index (χ3n) is 4.21. The van der Waals surface area contributed by atoms with Gasteiger partial charge >= 0.3 is 0 Å². The smallest absolute Gasteiger partial charge is 0.252 e. The van der Waals surface area contributed by atoms with Crippen LogP contribution in [0.4, 0.5) is 5.82 Å². The second kappa shape index (κ2) is 6.95. The normalized spacial score (nSPS) is 19.3. The Balaban J connectivity index is 1.91. The lowest BCUT2D eigenvalue weighted by Crippen LogP contribution is -2.41. The molecule has 1 amide bonds. The van der Waals surface area contributed by atoms with Crippen LogP contribution in [0.15, 0.2) is 29.1 Å². The molecule has 9 heteroatoms. The van der Waals surface area contributed by atoms with Crippen LogP contribution in [0, 0.1) is 25.7 Å². The zero-order chi connectivity index (χ0) is 18.8. The molecule has 26 heavy (non-hydrogen) atoms. The topological polar surface area (TPSA) is 133 Å². The summed E-state index contributed by atoms with van der Waals surface area (Å²) in [4.78, 5) is 42.4. The maximum absolute atomic E-state index is 12.6. The minimum atomic E-state index is -1.25. The van der Waals surface area contributed by atoms with E-state index in [1.165, 1.54) is 10.7 Å². The average Bonchev–Trinajstić information content (AvgIpc) is 2.94. The van der Waals surface area contributed by atoms with E-state index in [1.54, 1.807) is 32.1 Å². The summed E-state index contributed by atoms with van der Waals surface area (Å²) in [5.74, 6) is -2.84. The number of hydrogen-bond donors (Lipinski definition) is 2. The number of carbonyl (C=O) groups excluding carboxylic acids is 2. The van der Waals surface area contributed by atoms with E-state index in [9.17, 15) is 19.5 Å². The molecule has 2 atom stereocenters. The molecule has 0 unspecified atom stereocenters. The maximum atomic E-state index is 12.6. The van der Waals surface area contributed by atoms with Crippen LogP contribution in [0.3, 0.4) is 0 Å². The highest BCUT2D eigenvalue weighted by Crippen LogP contribution is 2.27. The molecule has 2 N–H and O–H groups in total. The standard InChI is InChI=1S/C17H19N5O4/c1-9-8-14(23)20-17(18-9)22-13(7-10(2)21-22)19-15(24)11-5-3-4-6-12(11)16(25)26/h3-4,7-8,11-12H,5-6H2,1-2H3,(H,19,24)(H,25,26)(H,18,20,23)/p-1/t11-,12+/m0/s1. The first-order valence-corrected chi connectivity index (χ1v) is 8.17. The van der Waals surface area contributed by atoms with Crippen molar-refractivity contribution in [3.63, 3.8) is 0 Å². The zero-order valence-electron chi connectivity index (χ0n) is 14.4. The van der Waals surface area contributed by atoms with Gasteiger partial charge in [0, 0.05) is 29.7 Å². The number of carboxylic acid groups (broad SMARTS) is 1. The van der Waals surface area contributed by atoms with Gasteiger partial charge in [0.05, 0.1) is 11.6 Å². The third kappa shape index (κ3) is 3.56. The monoisotopic (exact) mass is 356 g/mol. The maximum Gasteiger partial charge on any atom is 0.252 e. The molecule has 1 aliphatic carbocycles. The quantitative estimate of drug-likeness (QED) is 0.732. The number of aromatic nitrogens is 4. The Labute approximate surface area is 148 Å². The number of allylic oxidation sites excluding steroid dienone is 2. The molecule has 0 spiro atoms. The molecule has 9 nitrogen and oxygen atoms in total. The number of carboxylic acids is 1. The van der Waals surface area contributed by atoms with Gasteiger partial charge in [-0.15, -0.1) is 0 Å². The summed E-state index contributed by atoms with van der Waals surface area (Å²) in [5.41, 5.74) is 0.764. The highest BCUT2D eigenvalue weighted by Gasteiger charge is 2.30. The summed E-state index contributed by atoms with van der Waals surface area (Å²) in [6.45, 7) is 3.40. The van der Waals surface area contributed by atoms with Crippen LogP contribution < -0.4 is 16.0 Å². The van der Waals surface area contributed by atoms with Gasteiger partial charge < -0.3 is 15.2 Å². The number of hydrogen-bond acceptors (Lipinski definition) is 6. The summed E-state index contributed by atoms with van der Waals surface area (Å²) in [6.07, 6.45) is 4.09. The van der Waals surface area contributed by atoms with Gasteiger partial charge in [-0.3, -0.25) is 14.6 Å². The van der Waals surface area contributed by atoms with Crippen molar-refractivity contribution >= 4 is 17.7 Å². The van der Waals surface area contributed by atoms with Crippen molar-refractivity contribution in [2.24, 2.45) is 11.8 Å². The van der Waals surface area contributed by atoms with Crippen molar-refractivity contribution in [2.75, 3.05) is 5.32 Å². The van der Waals surface area contributed by atoms with Crippen LogP contribution in [0.2, 0.25) is 0 Å². The summed E-state index contributed by atoms with van der Waals surface area (Å²) >= 11 is 0. The highest BCUT2D eigenvalue weighted by atomic mass is 16.4. The van der Waals surface area contributed by atoms with E-state index in [0.717, 1.165) is 0 Å². The van der Waals surface area contributed by atoms with Crippen molar-refractivity contribution in [1.29, 1.82) is 0 Å². The van der Waals surface area contributed by atoms with Crippen molar-refractivity contribution in [1.82, 2.24) is 19.7 Å². The molecule has 0 fully saturated rings. The number of anilines is 1. The fraction of sp³-hybridized carbons (Fsp3) is 0.353. The Morgan fingerprint density at radius 1 is 1.19 bits per heavy atom. The van der Waals surface area contributed by atoms with Gasteiger partial charge in [0.15, 0.2) is 0 Å². The molecule has 0 aromatic carbocycles. The summed E-state index contributed by atoms with van der Waals surface area (Å²) in [6, 6.07) is 2.96. The molecule has 2 aromatic heterocycles. The van der Waals surface area contributed by atoms with E-state index < -0.39 is 23.7 Å². The Morgan fingerprint density at radius 2 is 1.88 bits per heavy atom. The number of rotatable bonds is 4. The number of carbonyl (C=O) groups is 2. The summed E-state index contributed by atoms with van der Waals surface area (Å²) in [7, 11) is 0. The number of aromatic amines is 1. The predicted octanol–water partition coefficient (Wildman–Crippen LogP) is -0.157. The average molecular weight is 356 g/mol. The first kappa shape index (κ1) is 17.6. The van der Waals surface area contributed by atoms with E-state index in [1.807, 2.05) is 0 Å². The molecule has 0 saturated carbocycles. The van der Waals surface area contributed by atoms with Crippen LogP contribution in [0.25, 0.3) is 5.95 Å². The molecule has 0 aliphatic heterocycles. The Hall–Kier alpha value is -3.23. The number of amides is 1. The molecule has 2 heterocycles. The number of aryl methyl sites for hydroxylation is 2. The van der Waals surface area contributed by atoms with Gasteiger partial charge in [-0.1, -0.05) is 12.2 Å². The molecular weight excluding hydrogens is 338 g/mol. The van der Waals surface area contributed by atoms with E-state index in [-0.39, 0.29) is 17.9 Å². The van der Waals surface area contributed by atoms with Gasteiger partial charge in [-0.05, 0) is 26.7 Å². The third-order valence-corrected chi connectivity index (χ3v) is 4.21. The van der Waals surface area contributed by atoms with Crippen molar-refractivity contribution in [2.45, 2.75) is 26.7 Å². The fourth-order valence-electron chi connectivity index (χ4n) is 3.00. The summed E-state index contributed by atoms with van der Waals surface area (Å²) in [5, 5.41) is 18.2. The Kier molecular flexibility index (Phi) is 4.70. The van der Waals surface area contributed by atoms with Crippen molar-refractivity contribution < 1.29 is 14.7 Å². The van der Waals surface area contributed by atoms with Gasteiger partial charge in [0.25, 0.3) is 5.56 Å². The Morgan fingerprint density at radius 3 is 2.54 bits per heavy atom. The predicted molar refractivity (Wildman–Crippen MR) is 90.4 cm³/mol. The molecule has 3 rings (SSSR count). The van der Waals surface area contributed by atoms with Gasteiger partial charge in [-0.25, -0.2) is 4.98 Å². The molecule has 1 aliphatic rings. The largest absolute Gasteiger partial charge is 0.550 e. The second-order valence-corrected chi connectivity index (χ2v) is 6.26. The molecule has 0 radical (unpaired) electrons. The molecule has 0 bridgehead atoms. The summed E-state index contributed by atoms with van der Waals surface area (Å²) < 4.78 is 1.31. The van der Waals surface area contributed by atoms with Gasteiger partial charge in [0.2, 0.25) is 11.9 Å². The van der Waals surface area contributed by atoms with E-state index >= 15 is 0 Å². The number of H-pyrrole nitrogens is 1. The van der Waals surface area contributed by atoms with Crippen molar-refractivity contribution in [3.8, 4) is 5.95 Å². The first-order chi connectivity index (χ1) is 12.3. The minimum Gasteiger partial charge on any atom is -0.550 e. The number of nitrogens with zero attached hydrogens (tertiary/aromatic N) is 3. The van der Waals surface area contributed by atoms with Gasteiger partial charge in [-0.2, -0.15) is 9.78 Å². The van der Waals surface area contributed by atoms with Crippen LogP contribution in [-0.2, 0) is 9.59 Å². The minimum absolute atomic E-state index is 0.165. The van der Waals surface area contributed by atoms with E-state index in [4.69, 9.17) is 0 Å². The van der Waals surface area contributed by atoms with Crippen LogP contribution in [0.1, 0.15) is 24.2 Å². The molecule has 136 valence electrons. The van der Waals surface area contributed by atoms with Crippen LogP contribution in [-0.4, -0.2) is 31.6 Å². The first-order valence-electron chi connectivity index (χ1n) is 8.17. The second-order valence-electron chi connectivity index (χ2n) is 6.26. The molecule has 2 aromatic rings. The van der Waals surface area contributed by atoms with Crippen molar-refractivity contribution in [3.05, 3.63) is 46.0 Å². The van der Waals surface area contributed by atoms with E-state index in [0.29, 0.717) is 23.6 Å². The Bertz CT molecular complexity index is 943. The number of aliphatic carboxylic acids is 1. The zero-order valence-corrected chi connectivity index (χ0v) is 14.4. The fourth-order valence-corrected chi connectivity index (χ4v) is 3.00. The van der Waals surface area contributed by atoms with Crippen LogP contribution in [0.5, 0.6) is 0 Å². The van der Waals surface area contributed by atoms with Crippen LogP contribution >= 0.6 is 0 Å². The lowest BCUT2D eigenvalue weighted by Gasteiger charge is -2.28. The SMILES string of the molecule is Cc1cc(=O)[nH]c(-n2nc(C)cc2NC(=O)[C@H]2CC=CC[C@H]2C(=O)[O-])n1. The molecular formula is C17H18N5O4-. The highest BCUT2D eigenvalue weighted by molar-refractivity contribution is 5.94. The van der Waals surface area contributed by atoms with Gasteiger partial charge in [0.1, 0.15) is 5.82 Å². The lowest BCUT2D eigenvalue weighted by atomic mass is 9.82. The van der Waals surface area contributed by atoms with E-state index in [2.05, 4.69) is 20.4 Å². The molecule has 0 saturated heterocycles. The number of nitrogens with one attached hydrogen (secondary N) is 2. The lowest BCUT2D eigenvalue weighted by molar-refractivity contribution is -0.313.